The number of hydrogen-bond donors (Lipinski definition) is 2. The van der Waals surface area contributed by atoms with Crippen molar-refractivity contribution in [1.82, 2.24) is 10.2 Å². The molecule has 0 aliphatic carbocycles. The maximum Gasteiger partial charge on any atom is 0.326 e. The summed E-state index contributed by atoms with van der Waals surface area (Å²) in [5, 5.41) is 11.9. The van der Waals surface area contributed by atoms with Crippen molar-refractivity contribution in [2.45, 2.75) is 32.2 Å². The van der Waals surface area contributed by atoms with Gasteiger partial charge in [-0.05, 0) is 31.9 Å². The van der Waals surface area contributed by atoms with Gasteiger partial charge < -0.3 is 20.1 Å². The van der Waals surface area contributed by atoms with Crippen LogP contribution in [0.5, 0.6) is 0 Å². The lowest BCUT2D eigenvalue weighted by molar-refractivity contribution is -0.145. The Morgan fingerprint density at radius 3 is 2.62 bits per heavy atom. The molecule has 1 heterocycles. The highest BCUT2D eigenvalue weighted by molar-refractivity contribution is 5.95. The van der Waals surface area contributed by atoms with Crippen molar-refractivity contribution in [3.63, 3.8) is 0 Å². The first-order valence-corrected chi connectivity index (χ1v) is 8.74. The number of rotatable bonds is 7. The Morgan fingerprint density at radius 1 is 1.31 bits per heavy atom. The summed E-state index contributed by atoms with van der Waals surface area (Å²) in [6.45, 7) is 2.88. The molecule has 1 aliphatic heterocycles. The number of piperidine rings is 1. The number of carboxylic acids is 1. The van der Waals surface area contributed by atoms with Gasteiger partial charge in [-0.25, -0.2) is 4.79 Å². The van der Waals surface area contributed by atoms with Crippen LogP contribution in [-0.4, -0.2) is 60.6 Å². The average molecular weight is 362 g/mol. The number of likely N-dealkylation sites (tertiary alicyclic amines) is 1. The van der Waals surface area contributed by atoms with Crippen LogP contribution >= 0.6 is 0 Å². The van der Waals surface area contributed by atoms with Crippen LogP contribution < -0.4 is 5.32 Å². The van der Waals surface area contributed by atoms with E-state index >= 15 is 0 Å². The minimum atomic E-state index is -1.09. The molecule has 2 unspecified atom stereocenters. The van der Waals surface area contributed by atoms with Crippen LogP contribution in [0.15, 0.2) is 30.3 Å². The fourth-order valence-corrected chi connectivity index (χ4v) is 3.19. The van der Waals surface area contributed by atoms with Gasteiger partial charge >= 0.3 is 5.97 Å². The second kappa shape index (κ2) is 8.80. The van der Waals surface area contributed by atoms with Gasteiger partial charge in [-0.3, -0.25) is 9.59 Å². The van der Waals surface area contributed by atoms with Crippen LogP contribution in [-0.2, 0) is 14.3 Å². The van der Waals surface area contributed by atoms with E-state index in [0.29, 0.717) is 24.9 Å². The topological polar surface area (TPSA) is 95.9 Å². The molecule has 1 fully saturated rings. The normalized spacial score (nSPS) is 21.1. The molecule has 0 radical (unpaired) electrons. The standard InChI is InChI=1S/C19H26N2O5/c1-19(18(25)20-15(17(23)24)9-12-26-2)10-6-11-21(13-19)16(22)14-7-4-3-5-8-14/h3-5,7-8,15H,6,9-13H2,1-2H3,(H,20,25)(H,23,24). The monoisotopic (exact) mass is 362 g/mol. The van der Waals surface area contributed by atoms with Gasteiger partial charge in [-0.2, -0.15) is 0 Å². The van der Waals surface area contributed by atoms with E-state index < -0.39 is 17.4 Å². The van der Waals surface area contributed by atoms with Gasteiger partial charge in [0.1, 0.15) is 6.04 Å². The zero-order valence-electron chi connectivity index (χ0n) is 15.2. The number of hydrogen-bond acceptors (Lipinski definition) is 4. The molecule has 1 aromatic carbocycles. The van der Waals surface area contributed by atoms with E-state index in [1.807, 2.05) is 6.07 Å². The molecule has 2 amide bonds. The predicted molar refractivity (Wildman–Crippen MR) is 95.7 cm³/mol. The van der Waals surface area contributed by atoms with Crippen molar-refractivity contribution in [3.05, 3.63) is 35.9 Å². The van der Waals surface area contributed by atoms with E-state index in [1.54, 1.807) is 36.1 Å². The SMILES string of the molecule is COCCC(NC(=O)C1(C)CCCN(C(=O)c2ccccc2)C1)C(=O)O. The van der Waals surface area contributed by atoms with Gasteiger partial charge in [0.05, 0.1) is 5.41 Å². The van der Waals surface area contributed by atoms with Crippen molar-refractivity contribution >= 4 is 17.8 Å². The van der Waals surface area contributed by atoms with Crippen LogP contribution in [0.4, 0.5) is 0 Å². The van der Waals surface area contributed by atoms with Crippen LogP contribution in [0.3, 0.4) is 0 Å². The van der Waals surface area contributed by atoms with E-state index in [-0.39, 0.29) is 31.4 Å². The first-order chi connectivity index (χ1) is 12.4. The Bertz CT molecular complexity index is 649. The van der Waals surface area contributed by atoms with Crippen LogP contribution in [0.25, 0.3) is 0 Å². The van der Waals surface area contributed by atoms with Gasteiger partial charge in [-0.15, -0.1) is 0 Å². The number of carbonyl (C=O) groups is 3. The number of nitrogens with zero attached hydrogens (tertiary/aromatic N) is 1. The summed E-state index contributed by atoms with van der Waals surface area (Å²) in [6.07, 6.45) is 1.49. The van der Waals surface area contributed by atoms with E-state index in [0.717, 1.165) is 0 Å². The minimum Gasteiger partial charge on any atom is -0.480 e. The lowest BCUT2D eigenvalue weighted by atomic mass is 9.80. The molecule has 1 saturated heterocycles. The second-order valence-corrected chi connectivity index (χ2v) is 6.90. The van der Waals surface area contributed by atoms with Gasteiger partial charge in [0.15, 0.2) is 0 Å². The van der Waals surface area contributed by atoms with E-state index in [1.165, 1.54) is 7.11 Å². The molecule has 2 N–H and O–H groups in total. The molecule has 7 heteroatoms. The predicted octanol–water partition coefficient (Wildman–Crippen LogP) is 1.53. The zero-order valence-corrected chi connectivity index (χ0v) is 15.2. The van der Waals surface area contributed by atoms with Crippen LogP contribution in [0.1, 0.15) is 36.5 Å². The Hall–Kier alpha value is -2.41. The maximum atomic E-state index is 12.7. The Morgan fingerprint density at radius 2 is 2.00 bits per heavy atom. The Kier molecular flexibility index (Phi) is 6.74. The fourth-order valence-electron chi connectivity index (χ4n) is 3.19. The average Bonchev–Trinajstić information content (AvgIpc) is 2.64. The zero-order chi connectivity index (χ0) is 19.2. The Balaban J connectivity index is 2.06. The highest BCUT2D eigenvalue weighted by Gasteiger charge is 2.40. The van der Waals surface area contributed by atoms with E-state index in [9.17, 15) is 19.5 Å². The largest absolute Gasteiger partial charge is 0.480 e. The third kappa shape index (κ3) is 4.82. The summed E-state index contributed by atoms with van der Waals surface area (Å²) in [7, 11) is 1.48. The lowest BCUT2D eigenvalue weighted by Crippen LogP contribution is -2.55. The second-order valence-electron chi connectivity index (χ2n) is 6.90. The molecule has 2 rings (SSSR count). The molecular weight excluding hydrogens is 336 g/mol. The highest BCUT2D eigenvalue weighted by Crippen LogP contribution is 2.30. The third-order valence-electron chi connectivity index (χ3n) is 4.77. The fraction of sp³-hybridized carbons (Fsp3) is 0.526. The van der Waals surface area contributed by atoms with Crippen molar-refractivity contribution < 1.29 is 24.2 Å². The smallest absolute Gasteiger partial charge is 0.326 e. The summed E-state index contributed by atoms with van der Waals surface area (Å²) in [5.74, 6) is -1.54. The van der Waals surface area contributed by atoms with Crippen molar-refractivity contribution in [1.29, 1.82) is 0 Å². The lowest BCUT2D eigenvalue weighted by Gasteiger charge is -2.39. The van der Waals surface area contributed by atoms with Gasteiger partial charge in [-0.1, -0.05) is 18.2 Å². The Labute approximate surface area is 153 Å². The van der Waals surface area contributed by atoms with Crippen molar-refractivity contribution in [3.8, 4) is 0 Å². The van der Waals surface area contributed by atoms with Gasteiger partial charge in [0.25, 0.3) is 5.91 Å². The molecule has 0 aromatic heterocycles. The maximum absolute atomic E-state index is 12.7. The number of carbonyl (C=O) groups excluding carboxylic acids is 2. The molecule has 1 aromatic rings. The summed E-state index contributed by atoms with van der Waals surface area (Å²) in [6, 6.07) is 7.95. The summed E-state index contributed by atoms with van der Waals surface area (Å²) >= 11 is 0. The number of aliphatic carboxylic acids is 1. The van der Waals surface area contributed by atoms with Crippen LogP contribution in [0.2, 0.25) is 0 Å². The molecule has 7 nitrogen and oxygen atoms in total. The molecule has 1 aliphatic rings. The first-order valence-electron chi connectivity index (χ1n) is 8.74. The van der Waals surface area contributed by atoms with Gasteiger partial charge in [0.2, 0.25) is 5.91 Å². The number of carboxylic acid groups (broad SMARTS) is 1. The third-order valence-corrected chi connectivity index (χ3v) is 4.77. The summed E-state index contributed by atoms with van der Waals surface area (Å²) in [5.41, 5.74) is -0.232. The number of benzene rings is 1. The molecule has 26 heavy (non-hydrogen) atoms. The highest BCUT2D eigenvalue weighted by atomic mass is 16.5. The number of methoxy groups -OCH3 is 1. The van der Waals surface area contributed by atoms with E-state index in [4.69, 9.17) is 4.74 Å². The number of amides is 2. The molecule has 142 valence electrons. The quantitative estimate of drug-likeness (QED) is 0.767. The van der Waals surface area contributed by atoms with Crippen molar-refractivity contribution in [2.75, 3.05) is 26.8 Å². The first kappa shape index (κ1) is 19.9. The summed E-state index contributed by atoms with van der Waals surface area (Å²) in [4.78, 5) is 38.4. The summed E-state index contributed by atoms with van der Waals surface area (Å²) < 4.78 is 4.90. The molecule has 2 atom stereocenters. The van der Waals surface area contributed by atoms with E-state index in [2.05, 4.69) is 5.32 Å². The number of nitrogens with one attached hydrogen (secondary N) is 1. The molecule has 0 saturated carbocycles. The number of ether oxygens (including phenoxy) is 1. The molecule has 0 bridgehead atoms. The van der Waals surface area contributed by atoms with Gasteiger partial charge in [0, 0.05) is 38.8 Å². The molecular formula is C19H26N2O5. The van der Waals surface area contributed by atoms with Crippen molar-refractivity contribution in [2.24, 2.45) is 5.41 Å². The minimum absolute atomic E-state index is 0.113. The van der Waals surface area contributed by atoms with Crippen LogP contribution in [0, 0.1) is 5.41 Å². The molecule has 0 spiro atoms.